The molecule has 12 atom stereocenters. The van der Waals surface area contributed by atoms with E-state index in [0.717, 1.165) is 30.3 Å². The highest BCUT2D eigenvalue weighted by atomic mass is 32.2. The molecule has 4 heterocycles. The molecule has 2 saturated carbocycles. The summed E-state index contributed by atoms with van der Waals surface area (Å²) in [6, 6.07) is 2.53. The smallest absolute Gasteiger partial charge is 0.195 e. The quantitative estimate of drug-likeness (QED) is 0.205. The zero-order valence-electron chi connectivity index (χ0n) is 35.9. The summed E-state index contributed by atoms with van der Waals surface area (Å²) in [5, 5.41) is 1.29. The minimum atomic E-state index is 0.188. The van der Waals surface area contributed by atoms with Crippen molar-refractivity contribution < 1.29 is 0 Å². The van der Waals surface area contributed by atoms with Gasteiger partial charge in [0.15, 0.2) is 6.71 Å². The Labute approximate surface area is 336 Å². The lowest BCUT2D eigenvalue weighted by Crippen LogP contribution is -2.73. The lowest BCUT2D eigenvalue weighted by atomic mass is 9.25. The minimum Gasteiger partial charge on any atom is -0.367 e. The van der Waals surface area contributed by atoms with Crippen molar-refractivity contribution in [3.05, 3.63) is 58.8 Å². The molecule has 0 bridgehead atoms. The van der Waals surface area contributed by atoms with Crippen LogP contribution in [-0.4, -0.2) is 56.6 Å². The summed E-state index contributed by atoms with van der Waals surface area (Å²) < 4.78 is 0. The first kappa shape index (κ1) is 37.2. The Morgan fingerprint density at radius 1 is 0.889 bits per heavy atom. The summed E-state index contributed by atoms with van der Waals surface area (Å²) in [6.07, 6.45) is 37.2. The van der Waals surface area contributed by atoms with Gasteiger partial charge < -0.3 is 4.90 Å². The van der Waals surface area contributed by atoms with Gasteiger partial charge in [-0.25, -0.2) is 0 Å². The number of nitrogens with zero attached hydrogens (tertiary/aromatic N) is 2. The number of hydrogen-bond acceptors (Lipinski definition) is 3. The molecule has 4 heteroatoms. The van der Waals surface area contributed by atoms with Crippen molar-refractivity contribution in [3.8, 4) is 0 Å². The molecule has 10 rings (SSSR count). The van der Waals surface area contributed by atoms with E-state index in [0.29, 0.717) is 57.2 Å². The molecule has 0 radical (unpaired) electrons. The summed E-state index contributed by atoms with van der Waals surface area (Å²) >= 11 is 2.47. The zero-order valence-corrected chi connectivity index (χ0v) is 36.7. The van der Waals surface area contributed by atoms with E-state index in [-0.39, 0.29) is 11.0 Å². The number of allylic oxidation sites excluding steroid dienone is 6. The Morgan fingerprint density at radius 3 is 2.39 bits per heavy atom. The maximum absolute atomic E-state index is 3.37. The molecule has 4 aliphatic heterocycles. The highest BCUT2D eigenvalue weighted by Crippen LogP contribution is 2.72. The first-order valence-electron chi connectivity index (χ1n) is 23.4. The van der Waals surface area contributed by atoms with E-state index in [9.17, 15) is 0 Å². The average Bonchev–Trinajstić information content (AvgIpc) is 3.60. The highest BCUT2D eigenvalue weighted by Gasteiger charge is 2.72. The van der Waals surface area contributed by atoms with Gasteiger partial charge in [-0.05, 0) is 131 Å². The fraction of sp³-hybridized carbons (Fsp3) is 0.800. The topological polar surface area (TPSA) is 6.48 Å². The van der Waals surface area contributed by atoms with Crippen LogP contribution in [0.25, 0.3) is 0 Å². The standard InChI is InChI=1S/C50H75BN2S/c1-31-26-40-43-41(27-31)53-45-37(50(49(53,8)9)24-16-11-17-25-50)29-34(48(5,6)7)30-38(45)51(43)46-44(36-28-33(47(2,3)4)22-23-42(36)54-46)52(40)39-21-15-14-20-35(39)32-18-12-10-13-19-32/h15,18,21-23,28,31,34-37,39-44,46H,10-14,16-17,19-20,24-27,29-30H2,1-9H3. The Hall–Kier alpha value is -1.13. The van der Waals surface area contributed by atoms with Crippen LogP contribution in [0.5, 0.6) is 0 Å². The molecule has 294 valence electrons. The summed E-state index contributed by atoms with van der Waals surface area (Å²) in [5.41, 5.74) is 8.59. The number of hydrogen-bond donors (Lipinski definition) is 0. The molecular formula is C50H75BN2S. The fourth-order valence-corrected chi connectivity index (χ4v) is 17.9. The lowest BCUT2D eigenvalue weighted by Gasteiger charge is -2.65. The van der Waals surface area contributed by atoms with Crippen LogP contribution in [0.1, 0.15) is 159 Å². The summed E-state index contributed by atoms with van der Waals surface area (Å²) in [6.45, 7) is 24.2. The molecule has 2 nitrogen and oxygen atoms in total. The van der Waals surface area contributed by atoms with Crippen molar-refractivity contribution in [3.63, 3.8) is 0 Å². The molecule has 12 unspecified atom stereocenters. The Bertz CT molecular complexity index is 1660. The van der Waals surface area contributed by atoms with E-state index in [2.05, 4.69) is 120 Å². The predicted molar refractivity (Wildman–Crippen MR) is 233 cm³/mol. The fourth-order valence-electron chi connectivity index (χ4n) is 15.9. The van der Waals surface area contributed by atoms with Crippen LogP contribution in [0.15, 0.2) is 58.8 Å². The molecule has 10 aliphatic rings. The molecule has 54 heavy (non-hydrogen) atoms. The maximum atomic E-state index is 3.37. The van der Waals surface area contributed by atoms with Crippen molar-refractivity contribution in [2.24, 2.45) is 45.8 Å². The Morgan fingerprint density at radius 2 is 1.67 bits per heavy atom. The van der Waals surface area contributed by atoms with Crippen molar-refractivity contribution in [1.29, 1.82) is 0 Å². The highest BCUT2D eigenvalue weighted by molar-refractivity contribution is 8.02. The molecule has 0 aromatic carbocycles. The molecule has 0 amide bonds. The van der Waals surface area contributed by atoms with Gasteiger partial charge in [0.25, 0.3) is 0 Å². The third kappa shape index (κ3) is 5.34. The van der Waals surface area contributed by atoms with Gasteiger partial charge in [-0.15, -0.1) is 0 Å². The van der Waals surface area contributed by atoms with E-state index >= 15 is 0 Å². The molecule has 0 aromatic rings. The second-order valence-electron chi connectivity index (χ2n) is 23.4. The number of thioether (sulfide) groups is 1. The van der Waals surface area contributed by atoms with Crippen molar-refractivity contribution in [1.82, 2.24) is 9.80 Å². The van der Waals surface area contributed by atoms with Crippen LogP contribution in [-0.2, 0) is 0 Å². The SMILES string of the molecule is CC1CC2C3B(C4=C5C(CC(C(C)(C)C)C4)C4(CCCCC4)C(C)(C)N5C3C1)C1SC3C=CC(C(C)(C)C)=CC3C1N2C1C=CCCC1C1=CCCCC1. The van der Waals surface area contributed by atoms with Crippen LogP contribution in [0.3, 0.4) is 0 Å². The molecule has 0 N–H and O–H groups in total. The monoisotopic (exact) mass is 747 g/mol. The third-order valence-electron chi connectivity index (χ3n) is 18.4. The van der Waals surface area contributed by atoms with Crippen molar-refractivity contribution in [2.75, 3.05) is 0 Å². The average molecular weight is 747 g/mol. The third-order valence-corrected chi connectivity index (χ3v) is 20.1. The van der Waals surface area contributed by atoms with Gasteiger partial charge in [0.2, 0.25) is 0 Å². The van der Waals surface area contributed by atoms with E-state index in [1.165, 1.54) is 96.3 Å². The second kappa shape index (κ2) is 12.9. The largest absolute Gasteiger partial charge is 0.367 e. The molecule has 1 spiro atoms. The van der Waals surface area contributed by atoms with Gasteiger partial charge >= 0.3 is 0 Å². The molecular weight excluding hydrogens is 671 g/mol. The van der Waals surface area contributed by atoms with Gasteiger partial charge in [-0.1, -0.05) is 115 Å². The molecule has 6 aliphatic carbocycles. The van der Waals surface area contributed by atoms with Crippen LogP contribution in [0.4, 0.5) is 0 Å². The number of rotatable bonds is 2. The van der Waals surface area contributed by atoms with Crippen molar-refractivity contribution in [2.45, 2.75) is 205 Å². The Balaban J connectivity index is 1.19. The van der Waals surface area contributed by atoms with Gasteiger partial charge in [0.05, 0.1) is 0 Å². The first-order valence-corrected chi connectivity index (χ1v) is 24.4. The number of fused-ring (bicyclic) bond motifs is 7. The first-order chi connectivity index (χ1) is 25.7. The molecule has 0 aromatic heterocycles. The van der Waals surface area contributed by atoms with Gasteiger partial charge in [0, 0.05) is 63.1 Å². The van der Waals surface area contributed by atoms with Gasteiger partial charge in [0.1, 0.15) is 0 Å². The van der Waals surface area contributed by atoms with Crippen LogP contribution < -0.4 is 0 Å². The Kier molecular flexibility index (Phi) is 8.90. The molecule has 5 fully saturated rings. The predicted octanol–water partition coefficient (Wildman–Crippen LogP) is 12.6. The van der Waals surface area contributed by atoms with E-state index in [1.54, 1.807) is 5.57 Å². The summed E-state index contributed by atoms with van der Waals surface area (Å²) in [7, 11) is 0. The van der Waals surface area contributed by atoms with E-state index in [4.69, 9.17) is 0 Å². The summed E-state index contributed by atoms with van der Waals surface area (Å²) in [5.74, 6) is 4.39. The van der Waals surface area contributed by atoms with E-state index < -0.39 is 0 Å². The minimum absolute atomic E-state index is 0.188. The summed E-state index contributed by atoms with van der Waals surface area (Å²) in [4.78, 5) is 6.66. The normalized spacial score (nSPS) is 43.7. The second-order valence-corrected chi connectivity index (χ2v) is 24.7. The van der Waals surface area contributed by atoms with Crippen LogP contribution in [0, 0.1) is 45.8 Å². The van der Waals surface area contributed by atoms with E-state index in [1.807, 2.05) is 16.7 Å². The van der Waals surface area contributed by atoms with Crippen LogP contribution in [0.2, 0.25) is 5.82 Å². The molecule has 3 saturated heterocycles. The lowest BCUT2D eigenvalue weighted by molar-refractivity contribution is -0.0417. The van der Waals surface area contributed by atoms with Crippen molar-refractivity contribution >= 4 is 18.5 Å². The van der Waals surface area contributed by atoms with Gasteiger partial charge in [-0.3, -0.25) is 4.90 Å². The van der Waals surface area contributed by atoms with Crippen LogP contribution >= 0.6 is 11.8 Å². The van der Waals surface area contributed by atoms with Gasteiger partial charge in [-0.2, -0.15) is 11.8 Å². The maximum Gasteiger partial charge on any atom is 0.195 e. The zero-order chi connectivity index (χ0) is 37.5.